The molecule has 1 aliphatic heterocycles. The van der Waals surface area contributed by atoms with Crippen LogP contribution >= 0.6 is 22.7 Å². The van der Waals surface area contributed by atoms with Crippen molar-refractivity contribution in [3.63, 3.8) is 0 Å². The average molecular weight is 277 g/mol. The van der Waals surface area contributed by atoms with Crippen LogP contribution in [0, 0.1) is 0 Å². The molecule has 1 saturated heterocycles. The fourth-order valence-electron chi connectivity index (χ4n) is 2.43. The van der Waals surface area contributed by atoms with E-state index >= 15 is 0 Å². The lowest BCUT2D eigenvalue weighted by Gasteiger charge is -2.13. The number of amides is 1. The SMILES string of the molecule is O=C(c1cc2c(nc3sccn32)s1)N1CCCC1. The van der Waals surface area contributed by atoms with Crippen molar-refractivity contribution in [1.29, 1.82) is 0 Å². The molecule has 1 aliphatic rings. The van der Waals surface area contributed by atoms with Gasteiger partial charge in [0, 0.05) is 24.7 Å². The smallest absolute Gasteiger partial charge is 0.264 e. The number of nitrogens with zero attached hydrogens (tertiary/aromatic N) is 3. The zero-order valence-corrected chi connectivity index (χ0v) is 11.3. The summed E-state index contributed by atoms with van der Waals surface area (Å²) < 4.78 is 2.05. The zero-order valence-electron chi connectivity index (χ0n) is 9.63. The Labute approximate surface area is 111 Å². The van der Waals surface area contributed by atoms with Gasteiger partial charge in [0.25, 0.3) is 5.91 Å². The number of thiophene rings is 1. The van der Waals surface area contributed by atoms with Gasteiger partial charge >= 0.3 is 0 Å². The van der Waals surface area contributed by atoms with Crippen LogP contribution in [0.15, 0.2) is 17.6 Å². The largest absolute Gasteiger partial charge is 0.338 e. The van der Waals surface area contributed by atoms with Crippen molar-refractivity contribution < 1.29 is 4.79 Å². The predicted molar refractivity (Wildman–Crippen MR) is 73.6 cm³/mol. The number of fused-ring (bicyclic) bond motifs is 3. The number of hydrogen-bond acceptors (Lipinski definition) is 4. The van der Waals surface area contributed by atoms with Gasteiger partial charge in [-0.05, 0) is 18.9 Å². The van der Waals surface area contributed by atoms with E-state index in [4.69, 9.17) is 0 Å². The summed E-state index contributed by atoms with van der Waals surface area (Å²) in [6, 6.07) is 1.98. The van der Waals surface area contributed by atoms with Gasteiger partial charge in [0.05, 0.1) is 10.4 Å². The highest BCUT2D eigenvalue weighted by Crippen LogP contribution is 2.29. The molecule has 1 fully saturated rings. The van der Waals surface area contributed by atoms with Crippen molar-refractivity contribution in [2.75, 3.05) is 13.1 Å². The van der Waals surface area contributed by atoms with Crippen molar-refractivity contribution in [3.8, 4) is 0 Å². The molecule has 1 amide bonds. The van der Waals surface area contributed by atoms with Crippen molar-refractivity contribution in [1.82, 2.24) is 14.3 Å². The van der Waals surface area contributed by atoms with Gasteiger partial charge in [0.1, 0.15) is 4.83 Å². The lowest BCUT2D eigenvalue weighted by molar-refractivity contribution is 0.0797. The number of hydrogen-bond donors (Lipinski definition) is 0. The number of imidazole rings is 1. The molecule has 18 heavy (non-hydrogen) atoms. The molecule has 0 radical (unpaired) electrons. The molecule has 0 aromatic carbocycles. The van der Waals surface area contributed by atoms with Crippen LogP contribution < -0.4 is 0 Å². The molecule has 92 valence electrons. The first kappa shape index (κ1) is 10.5. The second-order valence-electron chi connectivity index (χ2n) is 4.47. The molecular weight excluding hydrogens is 266 g/mol. The Morgan fingerprint density at radius 2 is 2.17 bits per heavy atom. The Bertz CT molecular complexity index is 733. The topological polar surface area (TPSA) is 37.6 Å². The van der Waals surface area contributed by atoms with E-state index in [1.807, 2.05) is 22.5 Å². The van der Waals surface area contributed by atoms with Crippen LogP contribution in [-0.2, 0) is 0 Å². The summed E-state index contributed by atoms with van der Waals surface area (Å²) in [6.45, 7) is 1.80. The Morgan fingerprint density at radius 1 is 1.33 bits per heavy atom. The lowest BCUT2D eigenvalue weighted by Crippen LogP contribution is -2.26. The predicted octanol–water partition coefficient (Wildman–Crippen LogP) is 2.85. The molecule has 3 aromatic heterocycles. The Kier molecular flexibility index (Phi) is 2.22. The molecule has 3 aromatic rings. The van der Waals surface area contributed by atoms with Gasteiger partial charge < -0.3 is 4.90 Å². The number of carbonyl (C=O) groups excluding carboxylic acids is 1. The third-order valence-electron chi connectivity index (χ3n) is 3.34. The second-order valence-corrected chi connectivity index (χ2v) is 6.37. The summed E-state index contributed by atoms with van der Waals surface area (Å²) in [6.07, 6.45) is 4.27. The molecule has 4 heterocycles. The molecule has 6 heteroatoms. The lowest BCUT2D eigenvalue weighted by atomic mass is 10.4. The Hall–Kier alpha value is -1.40. The maximum Gasteiger partial charge on any atom is 0.264 e. The molecule has 0 aliphatic carbocycles. The minimum absolute atomic E-state index is 0.166. The first-order valence-electron chi connectivity index (χ1n) is 5.97. The summed E-state index contributed by atoms with van der Waals surface area (Å²) in [5, 5.41) is 2.02. The molecule has 0 atom stereocenters. The van der Waals surface area contributed by atoms with E-state index in [-0.39, 0.29) is 5.91 Å². The van der Waals surface area contributed by atoms with Crippen LogP contribution in [0.4, 0.5) is 0 Å². The van der Waals surface area contributed by atoms with Crippen LogP contribution in [0.2, 0.25) is 0 Å². The number of likely N-dealkylation sites (tertiary alicyclic amines) is 1. The highest BCUT2D eigenvalue weighted by molar-refractivity contribution is 7.21. The first-order chi connectivity index (χ1) is 8.83. The van der Waals surface area contributed by atoms with Crippen molar-refractivity contribution in [2.24, 2.45) is 0 Å². The highest BCUT2D eigenvalue weighted by atomic mass is 32.1. The number of aromatic nitrogens is 2. The van der Waals surface area contributed by atoms with E-state index in [0.29, 0.717) is 0 Å². The normalized spacial score (nSPS) is 16.1. The molecule has 0 N–H and O–H groups in total. The van der Waals surface area contributed by atoms with Crippen LogP contribution in [0.3, 0.4) is 0 Å². The van der Waals surface area contributed by atoms with Crippen molar-refractivity contribution in [3.05, 3.63) is 22.5 Å². The molecule has 0 bridgehead atoms. The third-order valence-corrected chi connectivity index (χ3v) is 5.11. The van der Waals surface area contributed by atoms with Crippen LogP contribution in [0.5, 0.6) is 0 Å². The molecular formula is C12H11N3OS2. The van der Waals surface area contributed by atoms with Gasteiger partial charge in [0.15, 0.2) is 4.96 Å². The standard InChI is InChI=1S/C12H11N3OS2/c16-11(14-3-1-2-4-14)9-7-8-10(18-9)13-12-15(8)5-6-17-12/h5-7H,1-4H2. The van der Waals surface area contributed by atoms with Gasteiger partial charge in [-0.2, -0.15) is 0 Å². The molecule has 4 rings (SSSR count). The highest BCUT2D eigenvalue weighted by Gasteiger charge is 2.22. The van der Waals surface area contributed by atoms with E-state index in [2.05, 4.69) is 9.38 Å². The quantitative estimate of drug-likeness (QED) is 0.686. The fraction of sp³-hybridized carbons (Fsp3) is 0.333. The molecule has 0 unspecified atom stereocenters. The van der Waals surface area contributed by atoms with Gasteiger partial charge in [-0.3, -0.25) is 9.20 Å². The van der Waals surface area contributed by atoms with Crippen LogP contribution in [0.25, 0.3) is 15.3 Å². The zero-order chi connectivity index (χ0) is 12.1. The van der Waals surface area contributed by atoms with E-state index in [1.165, 1.54) is 11.3 Å². The van der Waals surface area contributed by atoms with E-state index in [1.54, 1.807) is 11.3 Å². The van der Waals surface area contributed by atoms with E-state index < -0.39 is 0 Å². The first-order valence-corrected chi connectivity index (χ1v) is 7.67. The third kappa shape index (κ3) is 1.42. The second kappa shape index (κ2) is 3.80. The number of rotatable bonds is 1. The molecule has 0 spiro atoms. The minimum Gasteiger partial charge on any atom is -0.338 e. The van der Waals surface area contributed by atoms with Gasteiger partial charge in [0.2, 0.25) is 0 Å². The minimum atomic E-state index is 0.166. The number of carbonyl (C=O) groups is 1. The molecule has 0 saturated carbocycles. The monoisotopic (exact) mass is 277 g/mol. The van der Waals surface area contributed by atoms with Gasteiger partial charge in [-0.1, -0.05) is 0 Å². The van der Waals surface area contributed by atoms with Gasteiger partial charge in [-0.15, -0.1) is 22.7 Å². The van der Waals surface area contributed by atoms with Crippen molar-refractivity contribution in [2.45, 2.75) is 12.8 Å². The summed E-state index contributed by atoms with van der Waals surface area (Å²) >= 11 is 3.13. The Morgan fingerprint density at radius 3 is 3.00 bits per heavy atom. The summed E-state index contributed by atoms with van der Waals surface area (Å²) in [4.78, 5) is 21.5. The van der Waals surface area contributed by atoms with E-state index in [9.17, 15) is 4.79 Å². The number of thiazole rings is 1. The summed E-state index contributed by atoms with van der Waals surface area (Å²) in [5.41, 5.74) is 1.05. The van der Waals surface area contributed by atoms with Crippen molar-refractivity contribution >= 4 is 43.9 Å². The maximum atomic E-state index is 12.3. The van der Waals surface area contributed by atoms with E-state index in [0.717, 1.165) is 46.1 Å². The maximum absolute atomic E-state index is 12.3. The fourth-order valence-corrected chi connectivity index (χ4v) is 4.20. The Balaban J connectivity index is 1.80. The molecule has 4 nitrogen and oxygen atoms in total. The summed E-state index contributed by atoms with van der Waals surface area (Å²) in [5.74, 6) is 0.166. The summed E-state index contributed by atoms with van der Waals surface area (Å²) in [7, 11) is 0. The van der Waals surface area contributed by atoms with Crippen LogP contribution in [-0.4, -0.2) is 33.3 Å². The van der Waals surface area contributed by atoms with Gasteiger partial charge in [-0.25, -0.2) is 4.98 Å². The average Bonchev–Trinajstić information content (AvgIpc) is 3.09. The van der Waals surface area contributed by atoms with Crippen LogP contribution in [0.1, 0.15) is 22.5 Å².